The van der Waals surface area contributed by atoms with Crippen molar-refractivity contribution in [2.45, 2.75) is 33.4 Å². The maximum Gasteiger partial charge on any atom is 0.274 e. The van der Waals surface area contributed by atoms with Crippen LogP contribution < -0.4 is 10.9 Å². The zero-order chi connectivity index (χ0) is 20.5. The quantitative estimate of drug-likeness (QED) is 0.565. The zero-order valence-electron chi connectivity index (χ0n) is 16.5. The standard InChI is InChI=1S/C21H22N6O2/c1-13(2)12-27-21(29)16-9-5-4-8-15(16)18(25-27)20(28)22-14(3)19-24-23-17-10-6-7-11-26(17)19/h4-11,13-14H,12H2,1-3H3,(H,22,28). The fraction of sp³-hybridized carbons (Fsp3) is 0.286. The van der Waals surface area contributed by atoms with Crippen molar-refractivity contribution < 1.29 is 4.79 Å². The molecule has 0 aliphatic carbocycles. The van der Waals surface area contributed by atoms with Crippen LogP contribution in [-0.4, -0.2) is 30.3 Å². The average molecular weight is 390 g/mol. The van der Waals surface area contributed by atoms with E-state index in [1.54, 1.807) is 24.3 Å². The average Bonchev–Trinajstić information content (AvgIpc) is 3.14. The van der Waals surface area contributed by atoms with Crippen LogP contribution >= 0.6 is 0 Å². The lowest BCUT2D eigenvalue weighted by atomic mass is 10.1. The number of rotatable bonds is 5. The minimum Gasteiger partial charge on any atom is -0.341 e. The summed E-state index contributed by atoms with van der Waals surface area (Å²) in [4.78, 5) is 25.8. The highest BCUT2D eigenvalue weighted by atomic mass is 16.2. The van der Waals surface area contributed by atoms with Crippen LogP contribution in [0.3, 0.4) is 0 Å². The molecule has 29 heavy (non-hydrogen) atoms. The molecule has 1 aromatic carbocycles. The molecule has 4 aromatic rings. The van der Waals surface area contributed by atoms with E-state index in [9.17, 15) is 9.59 Å². The third-order valence-corrected chi connectivity index (χ3v) is 4.70. The van der Waals surface area contributed by atoms with E-state index in [1.807, 2.05) is 49.6 Å². The van der Waals surface area contributed by atoms with E-state index in [4.69, 9.17) is 0 Å². The topological polar surface area (TPSA) is 94.2 Å². The van der Waals surface area contributed by atoms with Gasteiger partial charge in [-0.3, -0.25) is 14.0 Å². The van der Waals surface area contributed by atoms with Gasteiger partial charge in [-0.15, -0.1) is 10.2 Å². The van der Waals surface area contributed by atoms with E-state index in [0.717, 1.165) is 0 Å². The van der Waals surface area contributed by atoms with Gasteiger partial charge in [0.2, 0.25) is 0 Å². The van der Waals surface area contributed by atoms with Gasteiger partial charge >= 0.3 is 0 Å². The summed E-state index contributed by atoms with van der Waals surface area (Å²) >= 11 is 0. The van der Waals surface area contributed by atoms with E-state index in [2.05, 4.69) is 20.6 Å². The summed E-state index contributed by atoms with van der Waals surface area (Å²) in [5.74, 6) is 0.478. The first-order valence-electron chi connectivity index (χ1n) is 9.56. The third-order valence-electron chi connectivity index (χ3n) is 4.70. The lowest BCUT2D eigenvalue weighted by Gasteiger charge is -2.15. The Morgan fingerprint density at radius 3 is 2.52 bits per heavy atom. The lowest BCUT2D eigenvalue weighted by Crippen LogP contribution is -2.33. The third kappa shape index (κ3) is 3.49. The monoisotopic (exact) mass is 390 g/mol. The molecule has 8 heteroatoms. The number of fused-ring (bicyclic) bond motifs is 2. The maximum atomic E-state index is 13.1. The fourth-order valence-corrected chi connectivity index (χ4v) is 3.36. The molecule has 0 bridgehead atoms. The summed E-state index contributed by atoms with van der Waals surface area (Å²) in [5, 5.41) is 16.7. The predicted octanol–water partition coefficient (Wildman–Crippen LogP) is 2.59. The molecule has 0 saturated carbocycles. The zero-order valence-corrected chi connectivity index (χ0v) is 16.5. The van der Waals surface area contributed by atoms with Crippen molar-refractivity contribution in [3.63, 3.8) is 0 Å². The van der Waals surface area contributed by atoms with Crippen molar-refractivity contribution in [3.8, 4) is 0 Å². The molecule has 0 aliphatic heterocycles. The molecule has 1 atom stereocenters. The van der Waals surface area contributed by atoms with Gasteiger partial charge < -0.3 is 5.32 Å². The highest BCUT2D eigenvalue weighted by molar-refractivity contribution is 6.04. The van der Waals surface area contributed by atoms with E-state index in [1.165, 1.54) is 4.68 Å². The van der Waals surface area contributed by atoms with Crippen LogP contribution in [0.5, 0.6) is 0 Å². The molecule has 148 valence electrons. The second kappa shape index (κ2) is 7.46. The Morgan fingerprint density at radius 1 is 1.03 bits per heavy atom. The SMILES string of the molecule is CC(C)Cn1nc(C(=O)NC(C)c2nnc3ccccn23)c2ccccc2c1=O. The van der Waals surface area contributed by atoms with Crippen molar-refractivity contribution in [1.29, 1.82) is 0 Å². The highest BCUT2D eigenvalue weighted by Gasteiger charge is 2.21. The van der Waals surface area contributed by atoms with E-state index in [-0.39, 0.29) is 23.1 Å². The van der Waals surface area contributed by atoms with Crippen molar-refractivity contribution in [2.75, 3.05) is 0 Å². The van der Waals surface area contributed by atoms with Gasteiger partial charge in [-0.2, -0.15) is 5.10 Å². The van der Waals surface area contributed by atoms with E-state index in [0.29, 0.717) is 28.8 Å². The Kier molecular flexibility index (Phi) is 4.84. The summed E-state index contributed by atoms with van der Waals surface area (Å²) in [6.07, 6.45) is 1.85. The van der Waals surface area contributed by atoms with Crippen LogP contribution in [0.4, 0.5) is 0 Å². The van der Waals surface area contributed by atoms with Gasteiger partial charge in [0.1, 0.15) is 0 Å². The van der Waals surface area contributed by atoms with Crippen LogP contribution in [-0.2, 0) is 6.54 Å². The second-order valence-corrected chi connectivity index (χ2v) is 7.46. The summed E-state index contributed by atoms with van der Waals surface area (Å²) in [7, 11) is 0. The molecule has 8 nitrogen and oxygen atoms in total. The Bertz CT molecular complexity index is 1260. The summed E-state index contributed by atoms with van der Waals surface area (Å²) in [6, 6.07) is 12.3. The van der Waals surface area contributed by atoms with Crippen LogP contribution in [0.15, 0.2) is 53.5 Å². The molecular weight excluding hydrogens is 368 g/mol. The largest absolute Gasteiger partial charge is 0.341 e. The van der Waals surface area contributed by atoms with E-state index >= 15 is 0 Å². The van der Waals surface area contributed by atoms with E-state index < -0.39 is 6.04 Å². The Morgan fingerprint density at radius 2 is 1.76 bits per heavy atom. The molecule has 0 aliphatic rings. The number of pyridine rings is 1. The van der Waals surface area contributed by atoms with Crippen molar-refractivity contribution in [1.82, 2.24) is 29.7 Å². The van der Waals surface area contributed by atoms with Gasteiger partial charge in [0, 0.05) is 18.1 Å². The minimum atomic E-state index is -0.397. The molecule has 1 unspecified atom stereocenters. The molecule has 0 radical (unpaired) electrons. The number of benzene rings is 1. The maximum absolute atomic E-state index is 13.1. The van der Waals surface area contributed by atoms with Crippen molar-refractivity contribution in [2.24, 2.45) is 5.92 Å². The second-order valence-electron chi connectivity index (χ2n) is 7.46. The van der Waals surface area contributed by atoms with Crippen molar-refractivity contribution in [3.05, 3.63) is 70.5 Å². The predicted molar refractivity (Wildman–Crippen MR) is 110 cm³/mol. The van der Waals surface area contributed by atoms with Crippen LogP contribution in [0.1, 0.15) is 43.1 Å². The van der Waals surface area contributed by atoms with Gasteiger partial charge in [0.15, 0.2) is 17.2 Å². The fourth-order valence-electron chi connectivity index (χ4n) is 3.36. The minimum absolute atomic E-state index is 0.192. The molecule has 1 amide bonds. The number of carbonyl (C=O) groups is 1. The molecule has 0 fully saturated rings. The van der Waals surface area contributed by atoms with Gasteiger partial charge in [-0.05, 0) is 31.0 Å². The first-order valence-corrected chi connectivity index (χ1v) is 9.56. The molecule has 0 saturated heterocycles. The van der Waals surface area contributed by atoms with Crippen LogP contribution in [0, 0.1) is 5.92 Å². The first kappa shape index (κ1) is 18.8. The smallest absolute Gasteiger partial charge is 0.274 e. The molecule has 3 aromatic heterocycles. The summed E-state index contributed by atoms with van der Waals surface area (Å²) in [6.45, 7) is 6.28. The van der Waals surface area contributed by atoms with Crippen molar-refractivity contribution >= 4 is 22.3 Å². The lowest BCUT2D eigenvalue weighted by molar-refractivity contribution is 0.0932. The number of carbonyl (C=O) groups excluding carboxylic acids is 1. The molecule has 0 spiro atoms. The van der Waals surface area contributed by atoms with Crippen LogP contribution in [0.25, 0.3) is 16.4 Å². The number of nitrogens with one attached hydrogen (secondary N) is 1. The van der Waals surface area contributed by atoms with Gasteiger partial charge in [-0.25, -0.2) is 4.68 Å². The number of hydrogen-bond acceptors (Lipinski definition) is 5. The highest BCUT2D eigenvalue weighted by Crippen LogP contribution is 2.16. The molecular formula is C21H22N6O2. The molecule has 1 N–H and O–H groups in total. The van der Waals surface area contributed by atoms with Crippen LogP contribution in [0.2, 0.25) is 0 Å². The Balaban J connectivity index is 1.73. The summed E-state index contributed by atoms with van der Waals surface area (Å²) in [5.41, 5.74) is 0.738. The molecule has 4 rings (SSSR count). The van der Waals surface area contributed by atoms with Gasteiger partial charge in [0.05, 0.1) is 11.4 Å². The number of amides is 1. The van der Waals surface area contributed by atoms with Gasteiger partial charge in [-0.1, -0.05) is 38.1 Å². The summed E-state index contributed by atoms with van der Waals surface area (Å²) < 4.78 is 3.20. The van der Waals surface area contributed by atoms with Gasteiger partial charge in [0.25, 0.3) is 11.5 Å². The Labute approximate surface area is 167 Å². The molecule has 3 heterocycles. The number of aromatic nitrogens is 5. The normalized spacial score (nSPS) is 12.6. The first-order chi connectivity index (χ1) is 14.0. The number of hydrogen-bond donors (Lipinski definition) is 1. The number of nitrogens with zero attached hydrogens (tertiary/aromatic N) is 5. The Hall–Kier alpha value is -3.55.